The maximum atomic E-state index is 6.66. The first-order chi connectivity index (χ1) is 10.9. The summed E-state index contributed by atoms with van der Waals surface area (Å²) in [6.45, 7) is 8.36. The number of hydrogen-bond acceptors (Lipinski definition) is 1. The molecule has 0 bridgehead atoms. The van der Waals surface area contributed by atoms with Gasteiger partial charge in [0.05, 0.1) is 21.4 Å². The summed E-state index contributed by atoms with van der Waals surface area (Å²) in [4.78, 5) is 5.92. The third-order valence-corrected chi connectivity index (χ3v) is 6.28. The molecule has 0 aliphatic heterocycles. The molecule has 0 atom stereocenters. The molecular weight excluding hydrogens is 308 g/mol. The number of pyridine rings is 1. The first-order valence-electron chi connectivity index (χ1n) is 8.18. The second kappa shape index (κ2) is 6.29. The van der Waals surface area contributed by atoms with Crippen molar-refractivity contribution in [2.24, 2.45) is 5.41 Å². The highest BCUT2D eigenvalue weighted by molar-refractivity contribution is 8.32. The van der Waals surface area contributed by atoms with Crippen LogP contribution < -0.4 is 0 Å². The lowest BCUT2D eigenvalue weighted by Gasteiger charge is -2.44. The van der Waals surface area contributed by atoms with E-state index in [1.807, 2.05) is 18.3 Å². The molecule has 0 saturated carbocycles. The summed E-state index contributed by atoms with van der Waals surface area (Å²) in [5.41, 5.74) is 3.99. The standard InChI is InChI=1S/C20H27B2NS/c1-14-10-8-9-11-15(14)17-12-16(20(21,22)19(2,3)4)18(13-23-17)24(5,6)7/h8-13H,1-7H3. The molecule has 0 spiro atoms. The zero-order valence-electron chi connectivity index (χ0n) is 16.0. The Bertz CT molecular complexity index is 740. The van der Waals surface area contributed by atoms with Gasteiger partial charge in [0, 0.05) is 16.7 Å². The van der Waals surface area contributed by atoms with E-state index in [0.29, 0.717) is 0 Å². The Balaban J connectivity index is 2.75. The van der Waals surface area contributed by atoms with E-state index in [4.69, 9.17) is 20.7 Å². The quantitative estimate of drug-likeness (QED) is 0.745. The van der Waals surface area contributed by atoms with Crippen molar-refractivity contribution in [2.75, 3.05) is 18.8 Å². The molecule has 0 aliphatic rings. The molecule has 1 nitrogen and oxygen atoms in total. The lowest BCUT2D eigenvalue weighted by Crippen LogP contribution is -2.42. The predicted molar refractivity (Wildman–Crippen MR) is 111 cm³/mol. The highest BCUT2D eigenvalue weighted by Crippen LogP contribution is 2.51. The van der Waals surface area contributed by atoms with Crippen LogP contribution in [-0.2, 0) is 5.21 Å². The van der Waals surface area contributed by atoms with E-state index in [-0.39, 0.29) is 5.41 Å². The number of benzene rings is 1. The lowest BCUT2D eigenvalue weighted by molar-refractivity contribution is 0.355. The summed E-state index contributed by atoms with van der Waals surface area (Å²) in [6.07, 6.45) is 8.73. The van der Waals surface area contributed by atoms with Crippen LogP contribution >= 0.6 is 10.0 Å². The molecule has 2 rings (SSSR count). The molecule has 2 aromatic rings. The largest absolute Gasteiger partial charge is 0.255 e. The highest BCUT2D eigenvalue weighted by atomic mass is 32.3. The van der Waals surface area contributed by atoms with E-state index in [2.05, 4.69) is 64.7 Å². The van der Waals surface area contributed by atoms with Crippen LogP contribution in [0.15, 0.2) is 41.4 Å². The Labute approximate surface area is 151 Å². The van der Waals surface area contributed by atoms with Gasteiger partial charge in [-0.05, 0) is 48.3 Å². The van der Waals surface area contributed by atoms with Crippen molar-refractivity contribution in [3.05, 3.63) is 47.7 Å². The molecule has 0 N–H and O–H groups in total. The van der Waals surface area contributed by atoms with E-state index in [9.17, 15) is 0 Å². The Kier molecular flexibility index (Phi) is 5.03. The van der Waals surface area contributed by atoms with E-state index in [1.165, 1.54) is 10.5 Å². The molecule has 4 radical (unpaired) electrons. The number of rotatable bonds is 3. The third kappa shape index (κ3) is 3.59. The van der Waals surface area contributed by atoms with Gasteiger partial charge in [-0.1, -0.05) is 50.3 Å². The normalized spacial score (nSPS) is 13.8. The number of hydrogen-bond donors (Lipinski definition) is 0. The molecule has 0 fully saturated rings. The van der Waals surface area contributed by atoms with Crippen LogP contribution in [0.4, 0.5) is 0 Å². The summed E-state index contributed by atoms with van der Waals surface area (Å²) in [5.74, 6) is 0. The van der Waals surface area contributed by atoms with Gasteiger partial charge in [-0.2, -0.15) is 0 Å². The topological polar surface area (TPSA) is 12.9 Å². The summed E-state index contributed by atoms with van der Waals surface area (Å²) in [7, 11) is 12.3. The minimum absolute atomic E-state index is 0.267. The summed E-state index contributed by atoms with van der Waals surface area (Å²) < 4.78 is 0. The Hall–Kier alpha value is -1.15. The Morgan fingerprint density at radius 3 is 2.08 bits per heavy atom. The maximum Gasteiger partial charge on any atom is 0.0707 e. The van der Waals surface area contributed by atoms with Crippen LogP contribution in [0.25, 0.3) is 11.3 Å². The summed E-state index contributed by atoms with van der Waals surface area (Å²) in [5, 5.41) is -0.928. The van der Waals surface area contributed by atoms with Gasteiger partial charge >= 0.3 is 0 Å². The minimum Gasteiger partial charge on any atom is -0.255 e. The summed E-state index contributed by atoms with van der Waals surface area (Å²) >= 11 is 0. The molecular formula is C20H27B2NS. The second-order valence-electron chi connectivity index (χ2n) is 8.34. The van der Waals surface area contributed by atoms with Crippen molar-refractivity contribution in [3.8, 4) is 11.3 Å². The van der Waals surface area contributed by atoms with Crippen LogP contribution in [-0.4, -0.2) is 39.4 Å². The van der Waals surface area contributed by atoms with Gasteiger partial charge in [-0.25, -0.2) is 10.0 Å². The van der Waals surface area contributed by atoms with Gasteiger partial charge in [0.2, 0.25) is 0 Å². The van der Waals surface area contributed by atoms with Gasteiger partial charge in [0.25, 0.3) is 0 Å². The fourth-order valence-corrected chi connectivity index (χ4v) is 3.92. The maximum absolute atomic E-state index is 6.66. The molecule has 0 saturated heterocycles. The van der Waals surface area contributed by atoms with Gasteiger partial charge < -0.3 is 0 Å². The Morgan fingerprint density at radius 2 is 1.58 bits per heavy atom. The second-order valence-corrected chi connectivity index (χ2v) is 12.5. The highest BCUT2D eigenvalue weighted by Gasteiger charge is 2.36. The molecule has 0 aliphatic carbocycles. The minimum atomic E-state index is -1.01. The number of aryl methyl sites for hydroxylation is 1. The average Bonchev–Trinajstić information content (AvgIpc) is 2.45. The molecule has 0 unspecified atom stereocenters. The van der Waals surface area contributed by atoms with Crippen LogP contribution in [0.1, 0.15) is 31.9 Å². The number of nitrogens with zero attached hydrogens (tertiary/aromatic N) is 1. The van der Waals surface area contributed by atoms with Gasteiger partial charge in [-0.3, -0.25) is 4.98 Å². The molecule has 24 heavy (non-hydrogen) atoms. The zero-order valence-corrected chi connectivity index (χ0v) is 16.8. The molecule has 1 aromatic heterocycles. The van der Waals surface area contributed by atoms with Crippen LogP contribution in [0.5, 0.6) is 0 Å². The van der Waals surface area contributed by atoms with E-state index in [1.54, 1.807) is 0 Å². The van der Waals surface area contributed by atoms with Crippen molar-refractivity contribution in [1.29, 1.82) is 0 Å². The lowest BCUT2D eigenvalue weighted by atomic mass is 9.41. The van der Waals surface area contributed by atoms with Crippen LogP contribution in [0, 0.1) is 12.3 Å². The van der Waals surface area contributed by atoms with Crippen LogP contribution in [0.2, 0.25) is 0 Å². The monoisotopic (exact) mass is 335 g/mol. The van der Waals surface area contributed by atoms with Gasteiger partial charge in [0.15, 0.2) is 0 Å². The van der Waals surface area contributed by atoms with E-state index >= 15 is 0 Å². The fourth-order valence-electron chi connectivity index (χ4n) is 2.67. The van der Waals surface area contributed by atoms with Gasteiger partial charge in [0.1, 0.15) is 0 Å². The molecule has 4 heteroatoms. The van der Waals surface area contributed by atoms with Crippen LogP contribution in [0.3, 0.4) is 0 Å². The van der Waals surface area contributed by atoms with Crippen molar-refractivity contribution < 1.29 is 0 Å². The third-order valence-electron chi connectivity index (χ3n) is 4.63. The Morgan fingerprint density at radius 1 is 1.00 bits per heavy atom. The van der Waals surface area contributed by atoms with Crippen molar-refractivity contribution in [1.82, 2.24) is 4.98 Å². The average molecular weight is 335 g/mol. The summed E-state index contributed by atoms with van der Waals surface area (Å²) in [6, 6.07) is 10.4. The molecule has 124 valence electrons. The number of aromatic nitrogens is 1. The smallest absolute Gasteiger partial charge is 0.0707 e. The zero-order chi connectivity index (χ0) is 18.3. The van der Waals surface area contributed by atoms with Crippen molar-refractivity contribution >= 4 is 25.7 Å². The SMILES string of the molecule is [B]C([B])(c1cc(-c2ccccc2C)ncc1S(C)(C)C)C(C)(C)C. The first kappa shape index (κ1) is 19.2. The fraction of sp³-hybridized carbons (Fsp3) is 0.450. The van der Waals surface area contributed by atoms with E-state index in [0.717, 1.165) is 16.8 Å². The van der Waals surface area contributed by atoms with E-state index < -0.39 is 15.2 Å². The van der Waals surface area contributed by atoms with Crippen molar-refractivity contribution in [3.63, 3.8) is 0 Å². The molecule has 1 heterocycles. The predicted octanol–water partition coefficient (Wildman–Crippen LogP) is 4.65. The first-order valence-corrected chi connectivity index (χ1v) is 11.0. The van der Waals surface area contributed by atoms with Gasteiger partial charge in [-0.15, -0.1) is 0 Å². The van der Waals surface area contributed by atoms with Crippen molar-refractivity contribution in [2.45, 2.75) is 37.8 Å². The molecule has 0 amide bonds. The molecule has 1 aromatic carbocycles.